The third kappa shape index (κ3) is 5.39. The molecule has 4 rings (SSSR count). The summed E-state index contributed by atoms with van der Waals surface area (Å²) in [5.41, 5.74) is 2.09. The summed E-state index contributed by atoms with van der Waals surface area (Å²) in [6.45, 7) is -0.512. The Labute approximate surface area is 197 Å². The molecule has 13 heteroatoms. The maximum atomic E-state index is 13.0. The Morgan fingerprint density at radius 2 is 1.69 bits per heavy atom. The summed E-state index contributed by atoms with van der Waals surface area (Å²) in [5.74, 6) is -5.42. The van der Waals surface area contributed by atoms with E-state index >= 15 is 0 Å². The van der Waals surface area contributed by atoms with Crippen LogP contribution in [0.1, 0.15) is 31.4 Å². The van der Waals surface area contributed by atoms with Gasteiger partial charge in [-0.05, 0) is 31.0 Å². The minimum atomic E-state index is -5.77. The molecule has 1 fully saturated rings. The van der Waals surface area contributed by atoms with Crippen LogP contribution in [-0.2, 0) is 9.84 Å². The first-order valence-corrected chi connectivity index (χ1v) is 12.2. The van der Waals surface area contributed by atoms with Crippen molar-refractivity contribution in [2.45, 2.75) is 42.7 Å². The van der Waals surface area contributed by atoms with Crippen LogP contribution >= 0.6 is 0 Å². The average Bonchev–Trinajstić information content (AvgIpc) is 3.68. The van der Waals surface area contributed by atoms with Crippen molar-refractivity contribution < 1.29 is 35.1 Å². The molecule has 3 aromatic rings. The molecule has 1 aliphatic rings. The molecule has 1 aliphatic carbocycles. The smallest absolute Gasteiger partial charge is 0.456 e. The zero-order valence-corrected chi connectivity index (χ0v) is 19.1. The normalized spacial score (nSPS) is 14.7. The van der Waals surface area contributed by atoms with Gasteiger partial charge >= 0.3 is 12.1 Å². The van der Waals surface area contributed by atoms with Crippen molar-refractivity contribution in [3.05, 3.63) is 48.4 Å². The molecule has 7 nitrogen and oxygen atoms in total. The standard InChI is InChI=1S/C22H19F5N4O3S/c1-2-35(32,33)18-9-15(14-5-6-16(28-10-14)13-3-4-13)11-29-20(18)17-7-8-19(31-30-17)34-12-21(23,24)22(25,26)27/h5-11,13H,2-4,12H2,1H3. The van der Waals surface area contributed by atoms with Gasteiger partial charge < -0.3 is 4.74 Å². The minimum absolute atomic E-state index is 0.0271. The molecule has 0 amide bonds. The van der Waals surface area contributed by atoms with E-state index in [0.717, 1.165) is 24.6 Å². The van der Waals surface area contributed by atoms with Gasteiger partial charge in [0, 0.05) is 41.2 Å². The van der Waals surface area contributed by atoms with E-state index in [0.29, 0.717) is 17.0 Å². The van der Waals surface area contributed by atoms with E-state index in [4.69, 9.17) is 0 Å². The lowest BCUT2D eigenvalue weighted by molar-refractivity contribution is -0.290. The fraction of sp³-hybridized carbons (Fsp3) is 0.364. The highest BCUT2D eigenvalue weighted by molar-refractivity contribution is 7.91. The number of hydrogen-bond donors (Lipinski definition) is 0. The molecule has 1 saturated carbocycles. The van der Waals surface area contributed by atoms with Gasteiger partial charge in [0.25, 0.3) is 0 Å². The molecule has 0 aliphatic heterocycles. The van der Waals surface area contributed by atoms with Gasteiger partial charge in [-0.1, -0.05) is 13.0 Å². The lowest BCUT2D eigenvalue weighted by Crippen LogP contribution is -2.41. The fourth-order valence-electron chi connectivity index (χ4n) is 3.15. The van der Waals surface area contributed by atoms with Crippen molar-refractivity contribution in [2.24, 2.45) is 0 Å². The average molecular weight is 514 g/mol. The quantitative estimate of drug-likeness (QED) is 0.397. The molecule has 0 saturated heterocycles. The van der Waals surface area contributed by atoms with Crippen LogP contribution < -0.4 is 4.74 Å². The first-order chi connectivity index (χ1) is 16.4. The lowest BCUT2D eigenvalue weighted by Gasteiger charge is -2.19. The van der Waals surface area contributed by atoms with Gasteiger partial charge in [0.15, 0.2) is 16.4 Å². The summed E-state index contributed by atoms with van der Waals surface area (Å²) < 4.78 is 93.0. The van der Waals surface area contributed by atoms with Crippen molar-refractivity contribution in [1.82, 2.24) is 20.2 Å². The molecule has 0 unspecified atom stereocenters. The third-order valence-electron chi connectivity index (χ3n) is 5.38. The molecule has 0 radical (unpaired) electrons. The minimum Gasteiger partial charge on any atom is -0.470 e. The third-order valence-corrected chi connectivity index (χ3v) is 7.12. The Morgan fingerprint density at radius 3 is 2.23 bits per heavy atom. The molecule has 0 spiro atoms. The van der Waals surface area contributed by atoms with Gasteiger partial charge in [0.05, 0.1) is 10.6 Å². The topological polar surface area (TPSA) is 94.9 Å². The van der Waals surface area contributed by atoms with Crippen LogP contribution in [0.3, 0.4) is 0 Å². The number of rotatable bonds is 8. The fourth-order valence-corrected chi connectivity index (χ4v) is 4.22. The summed E-state index contributed by atoms with van der Waals surface area (Å²) in [4.78, 5) is 8.54. The summed E-state index contributed by atoms with van der Waals surface area (Å²) in [6, 6.07) is 7.35. The van der Waals surface area contributed by atoms with Crippen molar-refractivity contribution >= 4 is 9.84 Å². The predicted molar refractivity (Wildman–Crippen MR) is 115 cm³/mol. The monoisotopic (exact) mass is 514 g/mol. The van der Waals surface area contributed by atoms with E-state index in [1.165, 1.54) is 25.3 Å². The largest absolute Gasteiger partial charge is 0.470 e. The number of pyridine rings is 2. The van der Waals surface area contributed by atoms with E-state index in [1.54, 1.807) is 6.20 Å². The molecular weight excluding hydrogens is 495 g/mol. The second kappa shape index (κ2) is 9.10. The van der Waals surface area contributed by atoms with E-state index in [-0.39, 0.29) is 22.0 Å². The van der Waals surface area contributed by atoms with Gasteiger partial charge in [0.1, 0.15) is 11.4 Å². The van der Waals surface area contributed by atoms with Crippen LogP contribution in [0.25, 0.3) is 22.5 Å². The number of hydrogen-bond acceptors (Lipinski definition) is 7. The summed E-state index contributed by atoms with van der Waals surface area (Å²) >= 11 is 0. The lowest BCUT2D eigenvalue weighted by atomic mass is 10.1. The number of ether oxygens (including phenoxy) is 1. The highest BCUT2D eigenvalue weighted by Crippen LogP contribution is 2.39. The van der Waals surface area contributed by atoms with Crippen molar-refractivity contribution in [3.63, 3.8) is 0 Å². The Bertz CT molecular complexity index is 1310. The zero-order valence-electron chi connectivity index (χ0n) is 18.3. The molecule has 186 valence electrons. The van der Waals surface area contributed by atoms with Crippen molar-refractivity contribution in [3.8, 4) is 28.4 Å². The molecule has 0 bridgehead atoms. The van der Waals surface area contributed by atoms with E-state index < -0.39 is 34.4 Å². The van der Waals surface area contributed by atoms with Crippen LogP contribution in [0.5, 0.6) is 5.88 Å². The van der Waals surface area contributed by atoms with Crippen LogP contribution in [0.2, 0.25) is 0 Å². The van der Waals surface area contributed by atoms with Gasteiger partial charge in [-0.3, -0.25) is 9.97 Å². The van der Waals surface area contributed by atoms with Gasteiger partial charge in [-0.15, -0.1) is 10.2 Å². The maximum Gasteiger partial charge on any atom is 0.456 e. The molecule has 3 heterocycles. The highest BCUT2D eigenvalue weighted by atomic mass is 32.2. The number of halogens is 5. The van der Waals surface area contributed by atoms with Gasteiger partial charge in [-0.25, -0.2) is 8.42 Å². The summed E-state index contributed by atoms with van der Waals surface area (Å²) in [7, 11) is -3.78. The van der Waals surface area contributed by atoms with E-state index in [9.17, 15) is 30.4 Å². The van der Waals surface area contributed by atoms with Crippen molar-refractivity contribution in [1.29, 1.82) is 0 Å². The SMILES string of the molecule is CCS(=O)(=O)c1cc(-c2ccc(C3CC3)nc2)cnc1-c1ccc(OCC(F)(F)C(F)(F)F)nn1. The molecule has 0 N–H and O–H groups in total. The number of sulfone groups is 1. The Hall–Kier alpha value is -3.22. The Morgan fingerprint density at radius 1 is 0.971 bits per heavy atom. The van der Waals surface area contributed by atoms with Gasteiger partial charge in [0.2, 0.25) is 5.88 Å². The number of aromatic nitrogens is 4. The Balaban J connectivity index is 1.62. The van der Waals surface area contributed by atoms with E-state index in [2.05, 4.69) is 24.9 Å². The molecule has 0 aromatic carbocycles. The molecular formula is C22H19F5N4O3S. The first kappa shape index (κ1) is 24.9. The molecule has 35 heavy (non-hydrogen) atoms. The van der Waals surface area contributed by atoms with Gasteiger partial charge in [-0.2, -0.15) is 22.0 Å². The van der Waals surface area contributed by atoms with Crippen LogP contribution in [-0.4, -0.2) is 53.0 Å². The van der Waals surface area contributed by atoms with Crippen LogP contribution in [0, 0.1) is 0 Å². The van der Waals surface area contributed by atoms with Crippen LogP contribution in [0.15, 0.2) is 47.6 Å². The summed E-state index contributed by atoms with van der Waals surface area (Å²) in [6.07, 6.45) is -0.499. The van der Waals surface area contributed by atoms with Crippen LogP contribution in [0.4, 0.5) is 22.0 Å². The molecule has 3 aromatic heterocycles. The molecule has 0 atom stereocenters. The predicted octanol–water partition coefficient (Wildman–Crippen LogP) is 4.85. The number of nitrogens with zero attached hydrogens (tertiary/aromatic N) is 4. The summed E-state index contributed by atoms with van der Waals surface area (Å²) in [5, 5.41) is 7.20. The first-order valence-electron chi connectivity index (χ1n) is 10.5. The second-order valence-corrected chi connectivity index (χ2v) is 10.2. The second-order valence-electron chi connectivity index (χ2n) is 7.97. The zero-order chi connectivity index (χ0) is 25.4. The maximum absolute atomic E-state index is 13.0. The Kier molecular flexibility index (Phi) is 6.47. The highest BCUT2D eigenvalue weighted by Gasteiger charge is 2.58. The number of alkyl halides is 5. The van der Waals surface area contributed by atoms with E-state index in [1.807, 2.05) is 12.1 Å². The van der Waals surface area contributed by atoms with Crippen molar-refractivity contribution in [2.75, 3.05) is 12.4 Å².